The number of anilines is 1. The van der Waals surface area contributed by atoms with Crippen LogP contribution in [0.1, 0.15) is 15.9 Å². The minimum atomic E-state index is -0.289. The van der Waals surface area contributed by atoms with Gasteiger partial charge in [-0.15, -0.1) is 0 Å². The molecule has 0 radical (unpaired) electrons. The Bertz CT molecular complexity index is 642. The number of aryl methyl sites for hydroxylation is 1. The number of aromatic nitrogens is 2. The van der Waals surface area contributed by atoms with E-state index in [1.807, 2.05) is 12.1 Å². The van der Waals surface area contributed by atoms with Crippen molar-refractivity contribution in [2.75, 3.05) is 5.32 Å². The molecular weight excluding hydrogens is 296 g/mol. The van der Waals surface area contributed by atoms with E-state index in [1.165, 1.54) is 10.9 Å². The molecule has 6 heteroatoms. The third kappa shape index (κ3) is 2.26. The molecule has 90 valence electrons. The summed E-state index contributed by atoms with van der Waals surface area (Å²) in [6.45, 7) is 0. The molecule has 1 heterocycles. The molecule has 1 amide bonds. The molecule has 0 fully saturated rings. The topological polar surface area (TPSA) is 70.7 Å². The van der Waals surface area contributed by atoms with Gasteiger partial charge in [0.25, 0.3) is 5.91 Å². The van der Waals surface area contributed by atoms with E-state index in [0.717, 1.165) is 0 Å². The maximum Gasteiger partial charge on any atom is 0.257 e. The van der Waals surface area contributed by atoms with Crippen molar-refractivity contribution in [1.29, 1.82) is 5.26 Å². The molecular formula is C12H9BrN4O. The summed E-state index contributed by atoms with van der Waals surface area (Å²) >= 11 is 3.31. The smallest absolute Gasteiger partial charge is 0.257 e. The van der Waals surface area contributed by atoms with Gasteiger partial charge in [-0.25, -0.2) is 0 Å². The van der Waals surface area contributed by atoms with Crippen LogP contribution in [0, 0.1) is 11.3 Å². The van der Waals surface area contributed by atoms with E-state index >= 15 is 0 Å². The van der Waals surface area contributed by atoms with Crippen LogP contribution in [0.2, 0.25) is 0 Å². The summed E-state index contributed by atoms with van der Waals surface area (Å²) in [5.74, 6) is 0.0980. The first-order valence-corrected chi connectivity index (χ1v) is 5.90. The van der Waals surface area contributed by atoms with E-state index in [-0.39, 0.29) is 5.91 Å². The number of hydrogen-bond donors (Lipinski definition) is 1. The number of halogens is 1. The second-order valence-corrected chi connectivity index (χ2v) is 4.43. The third-order valence-corrected chi connectivity index (χ3v) is 3.10. The van der Waals surface area contributed by atoms with Crippen LogP contribution in [0.4, 0.5) is 5.82 Å². The van der Waals surface area contributed by atoms with E-state index in [9.17, 15) is 4.79 Å². The number of nitriles is 1. The average molecular weight is 305 g/mol. The highest BCUT2D eigenvalue weighted by Crippen LogP contribution is 2.19. The van der Waals surface area contributed by atoms with Gasteiger partial charge in [0.2, 0.25) is 0 Å². The molecule has 0 saturated heterocycles. The monoisotopic (exact) mass is 304 g/mol. The molecule has 0 spiro atoms. The molecule has 0 aliphatic carbocycles. The van der Waals surface area contributed by atoms with Crippen molar-refractivity contribution in [3.8, 4) is 6.07 Å². The zero-order valence-corrected chi connectivity index (χ0v) is 11.1. The van der Waals surface area contributed by atoms with Gasteiger partial charge in [0.15, 0.2) is 0 Å². The molecule has 0 atom stereocenters. The van der Waals surface area contributed by atoms with Crippen LogP contribution in [0.15, 0.2) is 34.9 Å². The molecule has 1 aromatic carbocycles. The van der Waals surface area contributed by atoms with Crippen molar-refractivity contribution in [2.24, 2.45) is 7.05 Å². The van der Waals surface area contributed by atoms with E-state index < -0.39 is 0 Å². The van der Waals surface area contributed by atoms with Gasteiger partial charge in [-0.3, -0.25) is 9.48 Å². The minimum Gasteiger partial charge on any atom is -0.306 e. The van der Waals surface area contributed by atoms with E-state index in [2.05, 4.69) is 26.3 Å². The fourth-order valence-corrected chi connectivity index (χ4v) is 1.95. The molecule has 5 nitrogen and oxygen atoms in total. The number of nitrogens with zero attached hydrogens (tertiary/aromatic N) is 3. The zero-order valence-electron chi connectivity index (χ0n) is 9.51. The number of rotatable bonds is 2. The van der Waals surface area contributed by atoms with Crippen LogP contribution in [-0.2, 0) is 7.05 Å². The van der Waals surface area contributed by atoms with Crippen molar-refractivity contribution in [1.82, 2.24) is 9.78 Å². The first kappa shape index (κ1) is 12.3. The fraction of sp³-hybridized carbons (Fsp3) is 0.0833. The Hall–Kier alpha value is -2.13. The molecule has 0 aliphatic rings. The largest absolute Gasteiger partial charge is 0.306 e. The van der Waals surface area contributed by atoms with Crippen LogP contribution >= 0.6 is 15.9 Å². The van der Waals surface area contributed by atoms with Gasteiger partial charge in [0.05, 0.1) is 11.8 Å². The molecule has 0 unspecified atom stereocenters. The number of carbonyl (C=O) groups is 1. The van der Waals surface area contributed by atoms with Crippen LogP contribution in [0.25, 0.3) is 0 Å². The summed E-state index contributed by atoms with van der Waals surface area (Å²) in [6, 6.07) is 9.05. The quantitative estimate of drug-likeness (QED) is 0.925. The third-order valence-electron chi connectivity index (χ3n) is 2.41. The van der Waals surface area contributed by atoms with Crippen LogP contribution < -0.4 is 5.32 Å². The Labute approximate surface area is 112 Å². The molecule has 1 N–H and O–H groups in total. The summed E-state index contributed by atoms with van der Waals surface area (Å²) < 4.78 is 2.15. The highest BCUT2D eigenvalue weighted by Gasteiger charge is 2.14. The Morgan fingerprint density at radius 3 is 2.89 bits per heavy atom. The predicted octanol–water partition coefficient (Wildman–Crippen LogP) is 2.31. The molecule has 0 aliphatic heterocycles. The van der Waals surface area contributed by atoms with Crippen LogP contribution in [-0.4, -0.2) is 15.7 Å². The zero-order chi connectivity index (χ0) is 13.1. The summed E-state index contributed by atoms with van der Waals surface area (Å²) in [7, 11) is 1.66. The molecule has 18 heavy (non-hydrogen) atoms. The van der Waals surface area contributed by atoms with Crippen molar-refractivity contribution >= 4 is 27.7 Å². The Balaban J connectivity index is 2.31. The lowest BCUT2D eigenvalue weighted by atomic mass is 10.2. The molecule has 1 aromatic heterocycles. The number of carbonyl (C=O) groups excluding carboxylic acids is 1. The lowest BCUT2D eigenvalue weighted by Crippen LogP contribution is -2.15. The highest BCUT2D eigenvalue weighted by atomic mass is 79.9. The number of hydrogen-bond acceptors (Lipinski definition) is 3. The standard InChI is InChI=1S/C12H9BrN4O/c1-17-11(8(6-14)7-15-17)16-12(18)9-4-2-3-5-10(9)13/h2-5,7H,1H3,(H,16,18). The summed E-state index contributed by atoms with van der Waals surface area (Å²) in [5, 5.41) is 15.5. The van der Waals surface area contributed by atoms with Crippen molar-refractivity contribution < 1.29 is 4.79 Å². The summed E-state index contributed by atoms with van der Waals surface area (Å²) in [6.07, 6.45) is 1.41. The summed E-state index contributed by atoms with van der Waals surface area (Å²) in [4.78, 5) is 12.1. The molecule has 2 aromatic rings. The van der Waals surface area contributed by atoms with Gasteiger partial charge < -0.3 is 5.32 Å². The Morgan fingerprint density at radius 2 is 2.22 bits per heavy atom. The van der Waals surface area contributed by atoms with Crippen molar-refractivity contribution in [3.05, 3.63) is 46.1 Å². The van der Waals surface area contributed by atoms with E-state index in [4.69, 9.17) is 5.26 Å². The van der Waals surface area contributed by atoms with Crippen molar-refractivity contribution in [2.45, 2.75) is 0 Å². The van der Waals surface area contributed by atoms with E-state index in [1.54, 1.807) is 25.2 Å². The maximum atomic E-state index is 12.1. The molecule has 2 rings (SSSR count). The second kappa shape index (κ2) is 5.02. The van der Waals surface area contributed by atoms with E-state index in [0.29, 0.717) is 21.4 Å². The lowest BCUT2D eigenvalue weighted by Gasteiger charge is -2.07. The number of amides is 1. The van der Waals surface area contributed by atoms with Crippen LogP contribution in [0.3, 0.4) is 0 Å². The summed E-state index contributed by atoms with van der Waals surface area (Å²) in [5.41, 5.74) is 0.834. The molecule has 0 bridgehead atoms. The SMILES string of the molecule is Cn1ncc(C#N)c1NC(=O)c1ccccc1Br. The molecule has 0 saturated carbocycles. The predicted molar refractivity (Wildman–Crippen MR) is 70.0 cm³/mol. The Kier molecular flexibility index (Phi) is 3.44. The lowest BCUT2D eigenvalue weighted by molar-refractivity contribution is 0.102. The highest BCUT2D eigenvalue weighted by molar-refractivity contribution is 9.10. The van der Waals surface area contributed by atoms with Crippen molar-refractivity contribution in [3.63, 3.8) is 0 Å². The first-order valence-electron chi connectivity index (χ1n) is 5.11. The minimum absolute atomic E-state index is 0.289. The van der Waals surface area contributed by atoms with Gasteiger partial charge in [-0.05, 0) is 28.1 Å². The average Bonchev–Trinajstić information content (AvgIpc) is 2.71. The van der Waals surface area contributed by atoms with Gasteiger partial charge >= 0.3 is 0 Å². The Morgan fingerprint density at radius 1 is 1.50 bits per heavy atom. The van der Waals surface area contributed by atoms with Crippen LogP contribution in [0.5, 0.6) is 0 Å². The normalized spacial score (nSPS) is 9.83. The first-order chi connectivity index (χ1) is 8.63. The number of benzene rings is 1. The second-order valence-electron chi connectivity index (χ2n) is 3.58. The van der Waals surface area contributed by atoms with Gasteiger partial charge in [-0.1, -0.05) is 12.1 Å². The van der Waals surface area contributed by atoms with Gasteiger partial charge in [-0.2, -0.15) is 10.4 Å². The van der Waals surface area contributed by atoms with Gasteiger partial charge in [0.1, 0.15) is 17.5 Å². The fourth-order valence-electron chi connectivity index (χ4n) is 1.49. The maximum absolute atomic E-state index is 12.1. The number of nitrogens with one attached hydrogen (secondary N) is 1. The van der Waals surface area contributed by atoms with Gasteiger partial charge in [0, 0.05) is 11.5 Å².